The molecule has 2 N–H and O–H groups in total. The average Bonchev–Trinajstić information content (AvgIpc) is 2.76. The third-order valence-corrected chi connectivity index (χ3v) is 5.16. The van der Waals surface area contributed by atoms with Crippen molar-refractivity contribution in [1.29, 1.82) is 0 Å². The van der Waals surface area contributed by atoms with Crippen molar-refractivity contribution in [2.75, 3.05) is 26.2 Å². The number of halogens is 1. The van der Waals surface area contributed by atoms with Gasteiger partial charge in [-0.3, -0.25) is 9.80 Å². The molecule has 0 radical (unpaired) electrons. The Hall–Kier alpha value is -0.130. The minimum Gasteiger partial charge on any atom is -0.326 e. The summed E-state index contributed by atoms with van der Waals surface area (Å²) in [6.07, 6.45) is 0. The second kappa shape index (κ2) is 6.55. The summed E-state index contributed by atoms with van der Waals surface area (Å²) < 4.78 is 0.849. The predicted molar refractivity (Wildman–Crippen MR) is 84.0 cm³/mol. The van der Waals surface area contributed by atoms with Gasteiger partial charge in [-0.05, 0) is 32.9 Å². The molecule has 1 aromatic heterocycles. The molecule has 1 aliphatic rings. The number of thiophene rings is 1. The molecule has 2 heterocycles. The van der Waals surface area contributed by atoms with Gasteiger partial charge in [0, 0.05) is 43.1 Å². The summed E-state index contributed by atoms with van der Waals surface area (Å²) in [6, 6.07) is 5.15. The normalized spacial score (nSPS) is 21.8. The molecule has 2 unspecified atom stereocenters. The van der Waals surface area contributed by atoms with Crippen molar-refractivity contribution < 1.29 is 0 Å². The van der Waals surface area contributed by atoms with Crippen LogP contribution in [0, 0.1) is 0 Å². The van der Waals surface area contributed by atoms with Gasteiger partial charge in [0.2, 0.25) is 0 Å². The van der Waals surface area contributed by atoms with Crippen molar-refractivity contribution in [3.05, 3.63) is 21.3 Å². The molecule has 0 bridgehead atoms. The van der Waals surface area contributed by atoms with Crippen LogP contribution < -0.4 is 5.73 Å². The molecule has 0 aromatic carbocycles. The zero-order valence-corrected chi connectivity index (χ0v) is 13.5. The lowest BCUT2D eigenvalue weighted by Gasteiger charge is -2.41. The van der Waals surface area contributed by atoms with Gasteiger partial charge >= 0.3 is 0 Å². The summed E-state index contributed by atoms with van der Waals surface area (Å²) in [5, 5.41) is 0. The Balaban J connectivity index is 2.05. The first-order chi connectivity index (χ1) is 8.99. The van der Waals surface area contributed by atoms with E-state index in [1.807, 2.05) is 6.07 Å². The van der Waals surface area contributed by atoms with E-state index in [9.17, 15) is 0 Å². The Morgan fingerprint density at radius 3 is 2.11 bits per heavy atom. The maximum Gasteiger partial charge on any atom is 0.0931 e. The van der Waals surface area contributed by atoms with Crippen molar-refractivity contribution in [3.8, 4) is 0 Å². The highest BCUT2D eigenvalue weighted by atomic mass is 35.5. The second-order valence-corrected chi connectivity index (χ2v) is 7.36. The summed E-state index contributed by atoms with van der Waals surface area (Å²) in [4.78, 5) is 6.32. The largest absolute Gasteiger partial charge is 0.326 e. The van der Waals surface area contributed by atoms with Crippen LogP contribution in [0.15, 0.2) is 12.1 Å². The lowest BCUT2D eigenvalue weighted by Crippen LogP contribution is -2.52. The summed E-state index contributed by atoms with van der Waals surface area (Å²) >= 11 is 7.72. The summed E-state index contributed by atoms with van der Waals surface area (Å²) in [6.45, 7) is 11.0. The Morgan fingerprint density at radius 1 is 1.11 bits per heavy atom. The van der Waals surface area contributed by atoms with Gasteiger partial charge in [-0.15, -0.1) is 11.3 Å². The number of nitrogens with two attached hydrogens (primary N) is 1. The monoisotopic (exact) mass is 301 g/mol. The van der Waals surface area contributed by atoms with Crippen LogP contribution in [-0.2, 0) is 0 Å². The Morgan fingerprint density at radius 2 is 1.68 bits per heavy atom. The number of nitrogens with zero attached hydrogens (tertiary/aromatic N) is 2. The molecule has 0 spiro atoms. The van der Waals surface area contributed by atoms with Crippen LogP contribution in [0.1, 0.15) is 31.7 Å². The standard InChI is InChI=1S/C14H24ClN3S/c1-10(2)17-6-8-18(9-7-17)14(11(3)16)12-4-5-13(15)19-12/h4-5,10-11,14H,6-9,16H2,1-3H3. The van der Waals surface area contributed by atoms with E-state index in [4.69, 9.17) is 17.3 Å². The smallest absolute Gasteiger partial charge is 0.0931 e. The number of rotatable bonds is 4. The molecule has 1 saturated heterocycles. The molecule has 2 rings (SSSR count). The Bertz CT molecular complexity index is 397. The van der Waals surface area contributed by atoms with Crippen LogP contribution in [0.3, 0.4) is 0 Å². The van der Waals surface area contributed by atoms with Gasteiger partial charge in [-0.25, -0.2) is 0 Å². The highest BCUT2D eigenvalue weighted by molar-refractivity contribution is 7.16. The van der Waals surface area contributed by atoms with Crippen molar-refractivity contribution >= 4 is 22.9 Å². The molecule has 2 atom stereocenters. The molecule has 5 heteroatoms. The van der Waals surface area contributed by atoms with Crippen molar-refractivity contribution in [1.82, 2.24) is 9.80 Å². The SMILES string of the molecule is CC(N)C(c1ccc(Cl)s1)N1CCN(C(C)C)CC1. The third kappa shape index (κ3) is 3.70. The van der Waals surface area contributed by atoms with Crippen LogP contribution in [-0.4, -0.2) is 48.1 Å². The first kappa shape index (κ1) is 15.3. The quantitative estimate of drug-likeness (QED) is 0.928. The van der Waals surface area contributed by atoms with Gasteiger partial charge < -0.3 is 5.73 Å². The average molecular weight is 302 g/mol. The predicted octanol–water partition coefficient (Wildman–Crippen LogP) is 2.82. The molecule has 1 aromatic rings. The molecular weight excluding hydrogens is 278 g/mol. The Kier molecular flexibility index (Phi) is 5.26. The fourth-order valence-electron chi connectivity index (χ4n) is 2.79. The van der Waals surface area contributed by atoms with Gasteiger partial charge in [0.15, 0.2) is 0 Å². The fraction of sp³-hybridized carbons (Fsp3) is 0.714. The summed E-state index contributed by atoms with van der Waals surface area (Å²) in [5.41, 5.74) is 6.21. The van der Waals surface area contributed by atoms with Gasteiger partial charge in [-0.2, -0.15) is 0 Å². The van der Waals surface area contributed by atoms with Crippen LogP contribution in [0.2, 0.25) is 4.34 Å². The van der Waals surface area contributed by atoms with Gasteiger partial charge in [0.05, 0.1) is 10.4 Å². The van der Waals surface area contributed by atoms with Gasteiger partial charge in [0.1, 0.15) is 0 Å². The van der Waals surface area contributed by atoms with Crippen molar-refractivity contribution in [2.24, 2.45) is 5.73 Å². The molecule has 108 valence electrons. The van der Waals surface area contributed by atoms with E-state index in [-0.39, 0.29) is 6.04 Å². The van der Waals surface area contributed by atoms with Crippen LogP contribution >= 0.6 is 22.9 Å². The third-order valence-electron chi connectivity index (χ3n) is 3.86. The zero-order chi connectivity index (χ0) is 14.0. The molecule has 1 fully saturated rings. The number of piperazine rings is 1. The molecule has 0 aliphatic carbocycles. The lowest BCUT2D eigenvalue weighted by atomic mass is 10.1. The zero-order valence-electron chi connectivity index (χ0n) is 12.0. The van der Waals surface area contributed by atoms with Crippen LogP contribution in [0.4, 0.5) is 0 Å². The number of hydrogen-bond acceptors (Lipinski definition) is 4. The maximum absolute atomic E-state index is 6.21. The minimum absolute atomic E-state index is 0.125. The topological polar surface area (TPSA) is 32.5 Å². The summed E-state index contributed by atoms with van der Waals surface area (Å²) in [5.74, 6) is 0. The van der Waals surface area contributed by atoms with E-state index in [1.165, 1.54) is 4.88 Å². The molecule has 1 aliphatic heterocycles. The highest BCUT2D eigenvalue weighted by Gasteiger charge is 2.29. The minimum atomic E-state index is 0.125. The van der Waals surface area contributed by atoms with E-state index >= 15 is 0 Å². The first-order valence-corrected chi connectivity index (χ1v) is 8.17. The van der Waals surface area contributed by atoms with Crippen molar-refractivity contribution in [2.45, 2.75) is 38.9 Å². The van der Waals surface area contributed by atoms with E-state index < -0.39 is 0 Å². The molecule has 0 amide bonds. The fourth-order valence-corrected chi connectivity index (χ4v) is 4.10. The molecule has 19 heavy (non-hydrogen) atoms. The van der Waals surface area contributed by atoms with Crippen LogP contribution in [0.25, 0.3) is 0 Å². The first-order valence-electron chi connectivity index (χ1n) is 6.98. The van der Waals surface area contributed by atoms with Gasteiger partial charge in [0.25, 0.3) is 0 Å². The maximum atomic E-state index is 6.21. The van der Waals surface area contributed by atoms with E-state index in [1.54, 1.807) is 11.3 Å². The second-order valence-electron chi connectivity index (χ2n) is 5.61. The molecule has 3 nitrogen and oxygen atoms in total. The number of hydrogen-bond donors (Lipinski definition) is 1. The van der Waals surface area contributed by atoms with Crippen molar-refractivity contribution in [3.63, 3.8) is 0 Å². The highest BCUT2D eigenvalue weighted by Crippen LogP contribution is 2.32. The molecular formula is C14H24ClN3S. The van der Waals surface area contributed by atoms with Gasteiger partial charge in [-0.1, -0.05) is 11.6 Å². The molecule has 0 saturated carbocycles. The lowest BCUT2D eigenvalue weighted by molar-refractivity contribution is 0.0717. The van der Waals surface area contributed by atoms with E-state index in [0.29, 0.717) is 12.1 Å². The summed E-state index contributed by atoms with van der Waals surface area (Å²) in [7, 11) is 0. The van der Waals surface area contributed by atoms with Crippen LogP contribution in [0.5, 0.6) is 0 Å². The van der Waals surface area contributed by atoms with E-state index in [2.05, 4.69) is 36.6 Å². The Labute approximate surface area is 125 Å². The van der Waals surface area contributed by atoms with E-state index in [0.717, 1.165) is 30.5 Å².